The molecule has 0 amide bonds. The highest BCUT2D eigenvalue weighted by molar-refractivity contribution is 7.46. The van der Waals surface area contributed by atoms with Crippen LogP contribution in [-0.4, -0.2) is 68.6 Å². The number of phosphoric acid groups is 1. The Morgan fingerprint density at radius 2 is 2.20 bits per heavy atom. The molecule has 0 aromatic rings. The zero-order valence-electron chi connectivity index (χ0n) is 10.3. The van der Waals surface area contributed by atoms with Crippen LogP contribution < -0.4 is 5.73 Å². The zero-order valence-corrected chi connectivity index (χ0v) is 11.2. The van der Waals surface area contributed by atoms with Gasteiger partial charge in [0.1, 0.15) is 24.5 Å². The Kier molecular flexibility index (Phi) is 4.57. The molecule has 0 aromatic heterocycles. The van der Waals surface area contributed by atoms with Crippen molar-refractivity contribution in [3.05, 3.63) is 12.3 Å². The maximum absolute atomic E-state index is 10.9. The normalized spacial score (nSPS) is 37.6. The number of phosphoric ester groups is 1. The summed E-state index contributed by atoms with van der Waals surface area (Å²) in [5.41, 5.74) is 5.51. The lowest BCUT2D eigenvalue weighted by molar-refractivity contribution is -0.0573. The van der Waals surface area contributed by atoms with Crippen LogP contribution in [0.25, 0.3) is 0 Å². The van der Waals surface area contributed by atoms with Crippen molar-refractivity contribution < 1.29 is 33.8 Å². The molecule has 10 nitrogen and oxygen atoms in total. The molecule has 0 radical (unpaired) electrons. The lowest BCUT2D eigenvalue weighted by atomic mass is 10.1. The third-order valence-electron chi connectivity index (χ3n) is 2.87. The molecule has 0 saturated carbocycles. The van der Waals surface area contributed by atoms with Crippen LogP contribution in [0.15, 0.2) is 17.3 Å². The van der Waals surface area contributed by atoms with Gasteiger partial charge in [-0.05, 0) is 6.08 Å². The van der Waals surface area contributed by atoms with Crippen LogP contribution in [0.5, 0.6) is 0 Å². The summed E-state index contributed by atoms with van der Waals surface area (Å²) >= 11 is 0. The van der Waals surface area contributed by atoms with Crippen molar-refractivity contribution >= 4 is 14.2 Å². The number of aliphatic hydroxyl groups is 2. The van der Waals surface area contributed by atoms with Gasteiger partial charge in [-0.3, -0.25) is 9.52 Å². The number of nitrogens with two attached hydrogens (primary N) is 1. The van der Waals surface area contributed by atoms with Gasteiger partial charge in [-0.15, -0.1) is 0 Å². The van der Waals surface area contributed by atoms with Crippen molar-refractivity contribution in [2.75, 3.05) is 6.61 Å². The van der Waals surface area contributed by atoms with E-state index in [-0.39, 0.29) is 0 Å². The predicted molar refractivity (Wildman–Crippen MR) is 66.1 cm³/mol. The maximum Gasteiger partial charge on any atom is 0.470 e. The fourth-order valence-electron chi connectivity index (χ4n) is 1.98. The standard InChI is InChI=1S/C9H16N3O7P/c10-6-1-2-12(4-11-6)9-7(14)8(5(3-13)18-9)19-20(15,16)17/h1-2,4-9,13-14H,3,10H2,(H2,15,16,17). The smallest absolute Gasteiger partial charge is 0.394 e. The molecule has 1 fully saturated rings. The Morgan fingerprint density at radius 1 is 1.50 bits per heavy atom. The molecule has 0 aliphatic carbocycles. The van der Waals surface area contributed by atoms with Crippen molar-refractivity contribution in [1.82, 2.24) is 4.90 Å². The number of hydrogen-bond acceptors (Lipinski definition) is 8. The first kappa shape index (κ1) is 15.5. The zero-order chi connectivity index (χ0) is 14.9. The molecule has 5 atom stereocenters. The summed E-state index contributed by atoms with van der Waals surface area (Å²) in [6.07, 6.45) is -0.918. The summed E-state index contributed by atoms with van der Waals surface area (Å²) in [7, 11) is -4.82. The third-order valence-corrected chi connectivity index (χ3v) is 3.39. The van der Waals surface area contributed by atoms with Gasteiger partial charge in [-0.25, -0.2) is 4.57 Å². The molecule has 2 heterocycles. The molecule has 0 bridgehead atoms. The second-order valence-electron chi connectivity index (χ2n) is 4.34. The van der Waals surface area contributed by atoms with Crippen molar-refractivity contribution in [3.63, 3.8) is 0 Å². The number of hydrogen-bond donors (Lipinski definition) is 5. The molecule has 114 valence electrons. The van der Waals surface area contributed by atoms with Crippen molar-refractivity contribution in [3.8, 4) is 0 Å². The largest absolute Gasteiger partial charge is 0.470 e. The summed E-state index contributed by atoms with van der Waals surface area (Å²) in [4.78, 5) is 22.9. The summed E-state index contributed by atoms with van der Waals surface area (Å²) in [6.45, 7) is -0.563. The molecule has 1 saturated heterocycles. The monoisotopic (exact) mass is 309 g/mol. The lowest BCUT2D eigenvalue weighted by Gasteiger charge is -2.27. The maximum atomic E-state index is 10.9. The second-order valence-corrected chi connectivity index (χ2v) is 5.53. The number of ether oxygens (including phenoxy) is 1. The number of aliphatic hydroxyl groups excluding tert-OH is 2. The summed E-state index contributed by atoms with van der Waals surface area (Å²) in [5.74, 6) is 0. The van der Waals surface area contributed by atoms with Crippen molar-refractivity contribution in [1.29, 1.82) is 0 Å². The van der Waals surface area contributed by atoms with Crippen LogP contribution in [0.2, 0.25) is 0 Å². The first-order chi connectivity index (χ1) is 9.31. The van der Waals surface area contributed by atoms with Gasteiger partial charge in [0.25, 0.3) is 0 Å². The van der Waals surface area contributed by atoms with E-state index in [4.69, 9.17) is 25.4 Å². The van der Waals surface area contributed by atoms with Crippen molar-refractivity contribution in [2.45, 2.75) is 30.7 Å². The molecule has 2 aliphatic heterocycles. The fraction of sp³-hybridized carbons (Fsp3) is 0.667. The average Bonchev–Trinajstić information content (AvgIpc) is 2.66. The average molecular weight is 309 g/mol. The first-order valence-corrected chi connectivity index (χ1v) is 7.28. The summed E-state index contributed by atoms with van der Waals surface area (Å²) in [5, 5.41) is 19.2. The van der Waals surface area contributed by atoms with Crippen LogP contribution in [0.4, 0.5) is 0 Å². The SMILES string of the molecule is NC1C=CN(C2OC(CO)C(OP(=O)(O)O)C2O)C=N1. The van der Waals surface area contributed by atoms with E-state index in [0.29, 0.717) is 0 Å². The van der Waals surface area contributed by atoms with Gasteiger partial charge in [0.05, 0.1) is 12.9 Å². The number of rotatable bonds is 4. The second kappa shape index (κ2) is 5.88. The van der Waals surface area contributed by atoms with E-state index in [2.05, 4.69) is 9.52 Å². The van der Waals surface area contributed by atoms with Gasteiger partial charge >= 0.3 is 7.82 Å². The topological polar surface area (TPSA) is 158 Å². The van der Waals surface area contributed by atoms with E-state index in [0.717, 1.165) is 0 Å². The van der Waals surface area contributed by atoms with E-state index >= 15 is 0 Å². The molecule has 0 aromatic carbocycles. The van der Waals surface area contributed by atoms with E-state index in [1.54, 1.807) is 6.08 Å². The molecule has 11 heteroatoms. The van der Waals surface area contributed by atoms with Gasteiger partial charge in [0.15, 0.2) is 6.23 Å². The number of nitrogens with zero attached hydrogens (tertiary/aromatic N) is 2. The minimum absolute atomic E-state index is 0.499. The van der Waals surface area contributed by atoms with Gasteiger partial charge in [0, 0.05) is 6.20 Å². The Bertz CT molecular complexity index is 439. The summed E-state index contributed by atoms with van der Waals surface area (Å²) in [6, 6.07) is 0. The van der Waals surface area contributed by atoms with E-state index < -0.39 is 45.1 Å². The lowest BCUT2D eigenvalue weighted by Crippen LogP contribution is -2.43. The van der Waals surface area contributed by atoms with Crippen LogP contribution in [0.1, 0.15) is 0 Å². The van der Waals surface area contributed by atoms with Crippen molar-refractivity contribution in [2.24, 2.45) is 10.7 Å². The number of aliphatic imine (C=N–C) groups is 1. The van der Waals surface area contributed by atoms with Gasteiger partial charge in [-0.2, -0.15) is 0 Å². The van der Waals surface area contributed by atoms with Crippen LogP contribution >= 0.6 is 7.82 Å². The highest BCUT2D eigenvalue weighted by Crippen LogP contribution is 2.42. The van der Waals surface area contributed by atoms with E-state index in [1.165, 1.54) is 17.4 Å². The molecule has 5 unspecified atom stereocenters. The van der Waals surface area contributed by atoms with E-state index in [1.807, 2.05) is 0 Å². The minimum Gasteiger partial charge on any atom is -0.394 e. The third kappa shape index (κ3) is 3.43. The minimum atomic E-state index is -4.82. The van der Waals surface area contributed by atoms with Gasteiger partial charge in [0.2, 0.25) is 0 Å². The van der Waals surface area contributed by atoms with Gasteiger partial charge < -0.3 is 35.4 Å². The first-order valence-electron chi connectivity index (χ1n) is 5.75. The highest BCUT2D eigenvalue weighted by atomic mass is 31.2. The van der Waals surface area contributed by atoms with Gasteiger partial charge in [-0.1, -0.05) is 0 Å². The molecule has 2 rings (SSSR count). The molecular formula is C9H16N3O7P. The fourth-order valence-corrected chi connectivity index (χ4v) is 2.56. The Labute approximate surface area is 114 Å². The Balaban J connectivity index is 2.12. The quantitative estimate of drug-likeness (QED) is 0.359. The van der Waals surface area contributed by atoms with Crippen LogP contribution in [0, 0.1) is 0 Å². The highest BCUT2D eigenvalue weighted by Gasteiger charge is 2.48. The molecule has 6 N–H and O–H groups in total. The van der Waals surface area contributed by atoms with E-state index in [9.17, 15) is 9.67 Å². The molecular weight excluding hydrogens is 293 g/mol. The van der Waals surface area contributed by atoms with Crippen LogP contribution in [0.3, 0.4) is 0 Å². The Hall–Kier alpha value is -0.840. The molecule has 20 heavy (non-hydrogen) atoms. The molecule has 2 aliphatic rings. The Morgan fingerprint density at radius 3 is 2.70 bits per heavy atom. The summed E-state index contributed by atoms with van der Waals surface area (Å²) < 4.78 is 20.7. The molecule has 0 spiro atoms. The van der Waals surface area contributed by atoms with Crippen LogP contribution in [-0.2, 0) is 13.8 Å². The predicted octanol–water partition coefficient (Wildman–Crippen LogP) is -2.32.